The van der Waals surface area contributed by atoms with Crippen LogP contribution in [0.2, 0.25) is 25.7 Å². The van der Waals surface area contributed by atoms with Crippen molar-refractivity contribution in [1.82, 2.24) is 24.5 Å². The van der Waals surface area contributed by atoms with Crippen LogP contribution in [0.3, 0.4) is 0 Å². The Labute approximate surface area is 210 Å². The molecular formula is C25H34BrN5O2Si. The zero-order chi connectivity index (χ0) is 24.3. The first-order chi connectivity index (χ1) is 16.2. The molecule has 2 aromatic heterocycles. The molecular weight excluding hydrogens is 510 g/mol. The van der Waals surface area contributed by atoms with Gasteiger partial charge in [-0.1, -0.05) is 35.6 Å². The molecule has 0 N–H and O–H groups in total. The van der Waals surface area contributed by atoms with Gasteiger partial charge in [-0.2, -0.15) is 10.2 Å². The molecule has 3 heterocycles. The van der Waals surface area contributed by atoms with Gasteiger partial charge in [0.25, 0.3) is 0 Å². The topological polar surface area (TPSA) is 65.2 Å². The Balaban J connectivity index is 1.46. The summed E-state index contributed by atoms with van der Waals surface area (Å²) in [5, 5.41) is 10.5. The van der Waals surface area contributed by atoms with E-state index in [1.54, 1.807) is 6.92 Å². The Bertz CT molecular complexity index is 1170. The van der Waals surface area contributed by atoms with Crippen LogP contribution in [-0.2, 0) is 16.3 Å². The SMILES string of the molecule is CC(=O)N1CCC(n2cc(/C=C/c3nn(COCC[Si](C)(C)C)c4ccc(Br)cc34)cn2)CC1. The van der Waals surface area contributed by atoms with Crippen LogP contribution < -0.4 is 0 Å². The smallest absolute Gasteiger partial charge is 0.219 e. The molecule has 1 aliphatic heterocycles. The number of likely N-dealkylation sites (tertiary alicyclic amines) is 1. The minimum atomic E-state index is -1.12. The third-order valence-electron chi connectivity index (χ3n) is 6.29. The van der Waals surface area contributed by atoms with Crippen molar-refractivity contribution in [3.63, 3.8) is 0 Å². The first-order valence-electron chi connectivity index (χ1n) is 11.9. The molecule has 0 atom stereocenters. The van der Waals surface area contributed by atoms with E-state index in [0.29, 0.717) is 12.8 Å². The highest BCUT2D eigenvalue weighted by Gasteiger charge is 2.22. The van der Waals surface area contributed by atoms with Crippen molar-refractivity contribution in [1.29, 1.82) is 0 Å². The molecule has 0 bridgehead atoms. The molecule has 7 nitrogen and oxygen atoms in total. The molecule has 0 aliphatic carbocycles. The van der Waals surface area contributed by atoms with Gasteiger partial charge in [-0.3, -0.25) is 9.48 Å². The molecule has 34 heavy (non-hydrogen) atoms. The fraction of sp³-hybridized carbons (Fsp3) is 0.480. The maximum atomic E-state index is 11.6. The van der Waals surface area contributed by atoms with E-state index in [-0.39, 0.29) is 5.91 Å². The second kappa shape index (κ2) is 10.6. The molecule has 1 saturated heterocycles. The minimum absolute atomic E-state index is 0.155. The Morgan fingerprint density at radius 3 is 2.71 bits per heavy atom. The third kappa shape index (κ3) is 6.25. The highest BCUT2D eigenvalue weighted by molar-refractivity contribution is 9.10. The zero-order valence-electron chi connectivity index (χ0n) is 20.5. The van der Waals surface area contributed by atoms with E-state index < -0.39 is 8.07 Å². The molecule has 0 spiro atoms. The second-order valence-electron chi connectivity index (χ2n) is 10.2. The number of rotatable bonds is 8. The summed E-state index contributed by atoms with van der Waals surface area (Å²) < 4.78 is 11.0. The number of benzene rings is 1. The highest BCUT2D eigenvalue weighted by Crippen LogP contribution is 2.26. The Morgan fingerprint density at radius 1 is 1.24 bits per heavy atom. The summed E-state index contributed by atoms with van der Waals surface area (Å²) in [4.78, 5) is 13.5. The number of carbonyl (C=O) groups excluding carboxylic acids is 1. The second-order valence-corrected chi connectivity index (χ2v) is 16.8. The summed E-state index contributed by atoms with van der Waals surface area (Å²) in [5.41, 5.74) is 3.01. The van der Waals surface area contributed by atoms with Gasteiger partial charge in [-0.25, -0.2) is 4.68 Å². The number of hydrogen-bond acceptors (Lipinski definition) is 4. The molecule has 9 heteroatoms. The molecule has 1 aliphatic rings. The number of piperidine rings is 1. The van der Waals surface area contributed by atoms with E-state index in [1.165, 1.54) is 0 Å². The lowest BCUT2D eigenvalue weighted by molar-refractivity contribution is -0.130. The molecule has 0 radical (unpaired) electrons. The van der Waals surface area contributed by atoms with Gasteiger partial charge in [0.05, 0.1) is 23.4 Å². The van der Waals surface area contributed by atoms with E-state index >= 15 is 0 Å². The summed E-state index contributed by atoms with van der Waals surface area (Å²) in [5.74, 6) is 0.155. The van der Waals surface area contributed by atoms with Gasteiger partial charge in [-0.05, 0) is 49.2 Å². The summed E-state index contributed by atoms with van der Waals surface area (Å²) in [7, 11) is -1.12. The Morgan fingerprint density at radius 2 is 2.00 bits per heavy atom. The number of ether oxygens (including phenoxy) is 1. The maximum Gasteiger partial charge on any atom is 0.219 e. The highest BCUT2D eigenvalue weighted by atomic mass is 79.9. The van der Waals surface area contributed by atoms with E-state index in [2.05, 4.69) is 65.1 Å². The lowest BCUT2D eigenvalue weighted by atomic mass is 10.1. The molecule has 1 aromatic carbocycles. The molecule has 1 fully saturated rings. The van der Waals surface area contributed by atoms with Gasteiger partial charge in [0, 0.05) is 56.3 Å². The summed E-state index contributed by atoms with van der Waals surface area (Å²) in [6, 6.07) is 7.70. The number of amides is 1. The summed E-state index contributed by atoms with van der Waals surface area (Å²) in [6.07, 6.45) is 9.96. The third-order valence-corrected chi connectivity index (χ3v) is 8.49. The lowest BCUT2D eigenvalue weighted by Gasteiger charge is -2.31. The maximum absolute atomic E-state index is 11.6. The fourth-order valence-electron chi connectivity index (χ4n) is 4.19. The number of nitrogens with zero attached hydrogens (tertiary/aromatic N) is 5. The van der Waals surface area contributed by atoms with Crippen LogP contribution in [-0.4, -0.2) is 58.1 Å². The fourth-order valence-corrected chi connectivity index (χ4v) is 5.30. The van der Waals surface area contributed by atoms with E-state index in [9.17, 15) is 4.79 Å². The first-order valence-corrected chi connectivity index (χ1v) is 16.4. The van der Waals surface area contributed by atoms with Crippen LogP contribution in [0.4, 0.5) is 0 Å². The number of hydrogen-bond donors (Lipinski definition) is 0. The summed E-state index contributed by atoms with van der Waals surface area (Å²) >= 11 is 3.59. The van der Waals surface area contributed by atoms with Gasteiger partial charge in [0.1, 0.15) is 6.73 Å². The van der Waals surface area contributed by atoms with E-state index in [0.717, 1.165) is 65.2 Å². The molecule has 4 rings (SSSR count). The van der Waals surface area contributed by atoms with Gasteiger partial charge in [0.2, 0.25) is 5.91 Å². The van der Waals surface area contributed by atoms with Gasteiger partial charge in [0.15, 0.2) is 0 Å². The molecule has 0 unspecified atom stereocenters. The van der Waals surface area contributed by atoms with Crippen molar-refractivity contribution >= 4 is 53.0 Å². The number of halogens is 1. The van der Waals surface area contributed by atoms with Crippen LogP contribution in [0.1, 0.15) is 37.1 Å². The number of carbonyl (C=O) groups is 1. The first kappa shape index (κ1) is 24.9. The standard InChI is InChI=1S/C25H34BrN5O2Si/c1-19(32)29-11-9-22(10-12-29)30-17-20(16-27-30)5-7-24-23-15-21(26)6-8-25(23)31(28-24)18-33-13-14-34(2,3)4/h5-8,15-17,22H,9-14,18H2,1-4H3/b7-5+. The minimum Gasteiger partial charge on any atom is -0.360 e. The van der Waals surface area contributed by atoms with Crippen molar-refractivity contribution in [3.05, 3.63) is 46.3 Å². The molecule has 1 amide bonds. The van der Waals surface area contributed by atoms with Crippen LogP contribution in [0.25, 0.3) is 23.1 Å². The van der Waals surface area contributed by atoms with Crippen molar-refractivity contribution in [2.75, 3.05) is 19.7 Å². The lowest BCUT2D eigenvalue weighted by Crippen LogP contribution is -2.37. The van der Waals surface area contributed by atoms with Crippen molar-refractivity contribution < 1.29 is 9.53 Å². The zero-order valence-corrected chi connectivity index (χ0v) is 23.1. The largest absolute Gasteiger partial charge is 0.360 e. The molecule has 182 valence electrons. The van der Waals surface area contributed by atoms with Crippen molar-refractivity contribution in [2.45, 2.75) is 58.2 Å². The van der Waals surface area contributed by atoms with Crippen molar-refractivity contribution in [2.24, 2.45) is 0 Å². The quantitative estimate of drug-likeness (QED) is 0.271. The molecule has 0 saturated carbocycles. The predicted octanol–water partition coefficient (Wildman–Crippen LogP) is 5.66. The normalized spacial score (nSPS) is 15.6. The Hall–Kier alpha value is -2.23. The number of aromatic nitrogens is 4. The predicted molar refractivity (Wildman–Crippen MR) is 143 cm³/mol. The van der Waals surface area contributed by atoms with Crippen LogP contribution in [0.5, 0.6) is 0 Å². The average molecular weight is 545 g/mol. The van der Waals surface area contributed by atoms with Gasteiger partial charge in [-0.15, -0.1) is 0 Å². The number of fused-ring (bicyclic) bond motifs is 1. The van der Waals surface area contributed by atoms with E-state index in [1.807, 2.05) is 32.6 Å². The van der Waals surface area contributed by atoms with Gasteiger partial charge < -0.3 is 9.64 Å². The Kier molecular flexibility index (Phi) is 7.74. The monoisotopic (exact) mass is 543 g/mol. The average Bonchev–Trinajstić information content (AvgIpc) is 3.39. The van der Waals surface area contributed by atoms with Crippen LogP contribution in [0, 0.1) is 0 Å². The van der Waals surface area contributed by atoms with Gasteiger partial charge >= 0.3 is 0 Å². The van der Waals surface area contributed by atoms with Crippen molar-refractivity contribution in [3.8, 4) is 0 Å². The van der Waals surface area contributed by atoms with Crippen LogP contribution >= 0.6 is 15.9 Å². The summed E-state index contributed by atoms with van der Waals surface area (Å²) in [6.45, 7) is 11.5. The van der Waals surface area contributed by atoms with E-state index in [4.69, 9.17) is 9.84 Å². The molecule has 3 aromatic rings. The van der Waals surface area contributed by atoms with Crippen LogP contribution in [0.15, 0.2) is 35.1 Å².